The average Bonchev–Trinajstić information content (AvgIpc) is 2.71. The summed E-state index contributed by atoms with van der Waals surface area (Å²) in [6.07, 6.45) is -2.44. The van der Waals surface area contributed by atoms with Crippen molar-refractivity contribution in [1.29, 1.82) is 0 Å². The Morgan fingerprint density at radius 1 is 1.17 bits per heavy atom. The maximum atomic E-state index is 13.0. The summed E-state index contributed by atoms with van der Waals surface area (Å²) in [5.41, 5.74) is 0.186. The Hall–Kier alpha value is -2.38. The summed E-state index contributed by atoms with van der Waals surface area (Å²) in [7, 11) is 0. The van der Waals surface area contributed by atoms with Gasteiger partial charge < -0.3 is 10.6 Å². The number of benzene rings is 1. The molecule has 1 atom stereocenters. The molecule has 0 radical (unpaired) electrons. The minimum Gasteiger partial charge on any atom is -0.358 e. The Morgan fingerprint density at radius 3 is 2.74 bits per heavy atom. The number of aromatic nitrogens is 2. The third-order valence-electron chi connectivity index (χ3n) is 3.70. The van der Waals surface area contributed by atoms with E-state index in [1.807, 2.05) is 0 Å². The predicted octanol–water partition coefficient (Wildman–Crippen LogP) is 2.73. The molecule has 1 aromatic heterocycles. The van der Waals surface area contributed by atoms with Gasteiger partial charge in [-0.1, -0.05) is 12.1 Å². The first-order valence-corrected chi connectivity index (χ1v) is 7.33. The van der Waals surface area contributed by atoms with Crippen LogP contribution in [0.1, 0.15) is 25.1 Å². The molecular formula is C15H15F3N4O. The highest BCUT2D eigenvalue weighted by molar-refractivity contribution is 5.92. The van der Waals surface area contributed by atoms with Crippen LogP contribution in [-0.2, 0) is 11.0 Å². The SMILES string of the molecule is O=C1NCCCC[C@@H]1Nc1nc(C(F)(F)F)nc2ccccc12. The molecule has 0 unspecified atom stereocenters. The van der Waals surface area contributed by atoms with Crippen molar-refractivity contribution >= 4 is 22.6 Å². The molecule has 8 heteroatoms. The van der Waals surface area contributed by atoms with Crippen molar-refractivity contribution in [3.63, 3.8) is 0 Å². The number of rotatable bonds is 2. The van der Waals surface area contributed by atoms with Gasteiger partial charge in [-0.15, -0.1) is 0 Å². The number of nitrogens with zero attached hydrogens (tertiary/aromatic N) is 2. The van der Waals surface area contributed by atoms with E-state index in [1.54, 1.807) is 18.2 Å². The van der Waals surface area contributed by atoms with E-state index in [4.69, 9.17) is 0 Å². The maximum absolute atomic E-state index is 13.0. The first-order valence-electron chi connectivity index (χ1n) is 7.33. The molecule has 1 aliphatic heterocycles. The van der Waals surface area contributed by atoms with E-state index < -0.39 is 18.0 Å². The standard InChI is InChI=1S/C15H15F3N4O/c16-15(17,18)14-21-10-6-2-1-5-9(10)12(22-14)20-11-7-3-4-8-19-13(11)23/h1-2,5-6,11H,3-4,7-8H2,(H,19,23)(H,20,21,22)/t11-/m0/s1. The van der Waals surface area contributed by atoms with Gasteiger partial charge in [0.05, 0.1) is 5.52 Å². The predicted molar refractivity (Wildman–Crippen MR) is 78.8 cm³/mol. The molecular weight excluding hydrogens is 309 g/mol. The van der Waals surface area contributed by atoms with Crippen LogP contribution in [-0.4, -0.2) is 28.5 Å². The van der Waals surface area contributed by atoms with Crippen molar-refractivity contribution in [3.05, 3.63) is 30.1 Å². The molecule has 1 fully saturated rings. The molecule has 1 amide bonds. The van der Waals surface area contributed by atoms with Crippen LogP contribution >= 0.6 is 0 Å². The molecule has 5 nitrogen and oxygen atoms in total. The van der Waals surface area contributed by atoms with Crippen LogP contribution in [0.15, 0.2) is 24.3 Å². The molecule has 3 rings (SSSR count). The first kappa shape index (κ1) is 15.5. The lowest BCUT2D eigenvalue weighted by molar-refractivity contribution is -0.144. The molecule has 1 aromatic carbocycles. The molecule has 2 heterocycles. The summed E-state index contributed by atoms with van der Waals surface area (Å²) in [5.74, 6) is -1.41. The summed E-state index contributed by atoms with van der Waals surface area (Å²) in [5, 5.41) is 6.06. The van der Waals surface area contributed by atoms with Crippen molar-refractivity contribution in [2.75, 3.05) is 11.9 Å². The molecule has 0 spiro atoms. The third-order valence-corrected chi connectivity index (χ3v) is 3.70. The highest BCUT2D eigenvalue weighted by Gasteiger charge is 2.36. The van der Waals surface area contributed by atoms with Crippen LogP contribution in [0.5, 0.6) is 0 Å². The smallest absolute Gasteiger partial charge is 0.358 e. The zero-order valence-electron chi connectivity index (χ0n) is 12.2. The number of para-hydroxylation sites is 1. The number of halogens is 3. The third kappa shape index (κ3) is 3.35. The monoisotopic (exact) mass is 324 g/mol. The van der Waals surface area contributed by atoms with E-state index in [0.29, 0.717) is 18.4 Å². The van der Waals surface area contributed by atoms with E-state index in [9.17, 15) is 18.0 Å². The van der Waals surface area contributed by atoms with Crippen LogP contribution in [0.4, 0.5) is 19.0 Å². The summed E-state index contributed by atoms with van der Waals surface area (Å²) >= 11 is 0. The summed E-state index contributed by atoms with van der Waals surface area (Å²) in [6.45, 7) is 0.579. The number of carbonyl (C=O) groups is 1. The number of anilines is 1. The molecule has 122 valence electrons. The largest absolute Gasteiger partial charge is 0.451 e. The second kappa shape index (κ2) is 6.02. The molecule has 1 aliphatic rings. The van der Waals surface area contributed by atoms with Gasteiger partial charge in [-0.05, 0) is 31.4 Å². The molecule has 2 N–H and O–H groups in total. The average molecular weight is 324 g/mol. The lowest BCUT2D eigenvalue weighted by Crippen LogP contribution is -2.38. The molecule has 1 saturated heterocycles. The van der Waals surface area contributed by atoms with Crippen molar-refractivity contribution < 1.29 is 18.0 Å². The zero-order valence-corrected chi connectivity index (χ0v) is 12.2. The van der Waals surface area contributed by atoms with E-state index in [0.717, 1.165) is 12.8 Å². The molecule has 0 bridgehead atoms. The minimum atomic E-state index is -4.65. The van der Waals surface area contributed by atoms with Gasteiger partial charge in [0.25, 0.3) is 0 Å². The van der Waals surface area contributed by atoms with Crippen molar-refractivity contribution in [1.82, 2.24) is 15.3 Å². The van der Waals surface area contributed by atoms with Crippen LogP contribution in [0.3, 0.4) is 0 Å². The van der Waals surface area contributed by atoms with Gasteiger partial charge in [0.1, 0.15) is 11.9 Å². The molecule has 0 aliphatic carbocycles. The van der Waals surface area contributed by atoms with Crippen molar-refractivity contribution in [2.45, 2.75) is 31.5 Å². The lowest BCUT2D eigenvalue weighted by atomic mass is 10.1. The number of fused-ring (bicyclic) bond motifs is 1. The van der Waals surface area contributed by atoms with Gasteiger partial charge >= 0.3 is 6.18 Å². The van der Waals surface area contributed by atoms with Gasteiger partial charge in [-0.25, -0.2) is 9.97 Å². The van der Waals surface area contributed by atoms with Gasteiger partial charge in [0.2, 0.25) is 11.7 Å². The number of hydrogen-bond donors (Lipinski definition) is 2. The van der Waals surface area contributed by atoms with Crippen LogP contribution < -0.4 is 10.6 Å². The topological polar surface area (TPSA) is 66.9 Å². The Bertz CT molecular complexity index is 732. The van der Waals surface area contributed by atoms with Crippen LogP contribution in [0.25, 0.3) is 10.9 Å². The van der Waals surface area contributed by atoms with Gasteiger partial charge in [0.15, 0.2) is 0 Å². The molecule has 23 heavy (non-hydrogen) atoms. The highest BCUT2D eigenvalue weighted by atomic mass is 19.4. The fourth-order valence-corrected chi connectivity index (χ4v) is 2.56. The highest BCUT2D eigenvalue weighted by Crippen LogP contribution is 2.30. The van der Waals surface area contributed by atoms with Gasteiger partial charge in [-0.3, -0.25) is 4.79 Å². The van der Waals surface area contributed by atoms with E-state index in [2.05, 4.69) is 20.6 Å². The Labute approximate surface area is 130 Å². The second-order valence-corrected chi connectivity index (χ2v) is 5.39. The Morgan fingerprint density at radius 2 is 1.96 bits per heavy atom. The maximum Gasteiger partial charge on any atom is 0.451 e. The Kier molecular flexibility index (Phi) is 4.06. The van der Waals surface area contributed by atoms with Gasteiger partial charge in [0, 0.05) is 11.9 Å². The summed E-state index contributed by atoms with van der Waals surface area (Å²) in [6, 6.07) is 5.82. The van der Waals surface area contributed by atoms with E-state index >= 15 is 0 Å². The van der Waals surface area contributed by atoms with Crippen LogP contribution in [0.2, 0.25) is 0 Å². The fraction of sp³-hybridized carbons (Fsp3) is 0.400. The van der Waals surface area contributed by atoms with E-state index in [-0.39, 0.29) is 17.2 Å². The second-order valence-electron chi connectivity index (χ2n) is 5.39. The van der Waals surface area contributed by atoms with Crippen molar-refractivity contribution in [3.8, 4) is 0 Å². The Balaban J connectivity index is 2.02. The minimum absolute atomic E-state index is 0.0324. The molecule has 0 saturated carbocycles. The van der Waals surface area contributed by atoms with E-state index in [1.165, 1.54) is 6.07 Å². The summed E-state index contributed by atoms with van der Waals surface area (Å²) in [4.78, 5) is 19.2. The van der Waals surface area contributed by atoms with Crippen LogP contribution in [0, 0.1) is 0 Å². The number of alkyl halides is 3. The number of hydrogen-bond acceptors (Lipinski definition) is 4. The fourth-order valence-electron chi connectivity index (χ4n) is 2.56. The number of carbonyl (C=O) groups excluding carboxylic acids is 1. The molecule has 2 aromatic rings. The normalized spacial score (nSPS) is 19.3. The van der Waals surface area contributed by atoms with Gasteiger partial charge in [-0.2, -0.15) is 13.2 Å². The summed E-state index contributed by atoms with van der Waals surface area (Å²) < 4.78 is 39.0. The van der Waals surface area contributed by atoms with Crippen molar-refractivity contribution in [2.24, 2.45) is 0 Å². The first-order chi connectivity index (χ1) is 10.9. The quantitative estimate of drug-likeness (QED) is 0.891. The zero-order chi connectivity index (χ0) is 16.4. The lowest BCUT2D eigenvalue weighted by Gasteiger charge is -2.18. The number of nitrogens with one attached hydrogen (secondary N) is 2. The number of amides is 1.